The van der Waals surface area contributed by atoms with E-state index in [4.69, 9.17) is 23.2 Å². The van der Waals surface area contributed by atoms with Crippen molar-refractivity contribution in [3.63, 3.8) is 0 Å². The van der Waals surface area contributed by atoms with Gasteiger partial charge in [-0.05, 0) is 35.7 Å². The van der Waals surface area contributed by atoms with Gasteiger partial charge in [-0.1, -0.05) is 53.5 Å². The SMILES string of the molecule is Cc1ccccc1CN(Cc1cccnc1)C(=O)c1cnc(Cl)c(Cl)c1. The van der Waals surface area contributed by atoms with Gasteiger partial charge in [0.25, 0.3) is 5.91 Å². The quantitative estimate of drug-likeness (QED) is 0.584. The third-order valence-corrected chi connectivity index (χ3v) is 4.74. The highest BCUT2D eigenvalue weighted by Gasteiger charge is 2.19. The van der Waals surface area contributed by atoms with Crippen LogP contribution in [0.1, 0.15) is 27.0 Å². The van der Waals surface area contributed by atoms with Crippen molar-refractivity contribution < 1.29 is 4.79 Å². The predicted molar refractivity (Wildman–Crippen MR) is 103 cm³/mol. The lowest BCUT2D eigenvalue weighted by atomic mass is 10.1. The third kappa shape index (κ3) is 4.40. The molecule has 0 saturated carbocycles. The summed E-state index contributed by atoms with van der Waals surface area (Å²) >= 11 is 11.9. The van der Waals surface area contributed by atoms with Crippen molar-refractivity contribution in [3.05, 3.63) is 93.5 Å². The molecule has 0 unspecified atom stereocenters. The Balaban J connectivity index is 1.92. The Morgan fingerprint density at radius 3 is 2.58 bits per heavy atom. The van der Waals surface area contributed by atoms with E-state index in [1.807, 2.05) is 43.3 Å². The summed E-state index contributed by atoms with van der Waals surface area (Å²) in [5.74, 6) is -0.164. The molecule has 0 aliphatic rings. The highest BCUT2D eigenvalue weighted by molar-refractivity contribution is 6.41. The van der Waals surface area contributed by atoms with E-state index in [0.717, 1.165) is 16.7 Å². The largest absolute Gasteiger partial charge is 0.330 e. The molecule has 0 radical (unpaired) electrons. The molecular weight excluding hydrogens is 369 g/mol. The second-order valence-corrected chi connectivity index (χ2v) is 6.71. The second kappa shape index (κ2) is 8.30. The molecule has 6 heteroatoms. The van der Waals surface area contributed by atoms with E-state index in [2.05, 4.69) is 9.97 Å². The molecule has 0 saturated heterocycles. The molecule has 1 amide bonds. The molecule has 0 atom stereocenters. The summed E-state index contributed by atoms with van der Waals surface area (Å²) in [4.78, 5) is 23.0. The first-order chi connectivity index (χ1) is 12.5. The van der Waals surface area contributed by atoms with Gasteiger partial charge in [-0.15, -0.1) is 0 Å². The average molecular weight is 386 g/mol. The van der Waals surface area contributed by atoms with Crippen LogP contribution in [-0.2, 0) is 13.1 Å². The van der Waals surface area contributed by atoms with Crippen LogP contribution in [0.15, 0.2) is 61.1 Å². The fourth-order valence-corrected chi connectivity index (χ4v) is 2.90. The monoisotopic (exact) mass is 385 g/mol. The number of carbonyl (C=O) groups excluding carboxylic acids is 1. The van der Waals surface area contributed by atoms with Gasteiger partial charge in [-0.25, -0.2) is 4.98 Å². The number of benzene rings is 1. The molecule has 1 aromatic carbocycles. The molecule has 3 aromatic rings. The predicted octanol–water partition coefficient (Wildman–Crippen LogP) is 4.93. The van der Waals surface area contributed by atoms with E-state index in [1.54, 1.807) is 23.4 Å². The summed E-state index contributed by atoms with van der Waals surface area (Å²) in [5.41, 5.74) is 3.56. The molecule has 0 fully saturated rings. The van der Waals surface area contributed by atoms with Crippen molar-refractivity contribution in [2.24, 2.45) is 0 Å². The van der Waals surface area contributed by atoms with E-state index in [-0.39, 0.29) is 16.1 Å². The number of rotatable bonds is 5. The van der Waals surface area contributed by atoms with Crippen LogP contribution in [0.2, 0.25) is 10.2 Å². The number of hydrogen-bond donors (Lipinski definition) is 0. The van der Waals surface area contributed by atoms with Gasteiger partial charge in [0.2, 0.25) is 0 Å². The van der Waals surface area contributed by atoms with Crippen molar-refractivity contribution >= 4 is 29.1 Å². The molecule has 0 N–H and O–H groups in total. The van der Waals surface area contributed by atoms with Gasteiger partial charge in [-0.3, -0.25) is 9.78 Å². The summed E-state index contributed by atoms with van der Waals surface area (Å²) in [6.45, 7) is 2.94. The van der Waals surface area contributed by atoms with Crippen molar-refractivity contribution in [1.29, 1.82) is 0 Å². The first kappa shape index (κ1) is 18.4. The van der Waals surface area contributed by atoms with Gasteiger partial charge in [0.1, 0.15) is 5.15 Å². The van der Waals surface area contributed by atoms with Crippen LogP contribution >= 0.6 is 23.2 Å². The van der Waals surface area contributed by atoms with Crippen molar-refractivity contribution in [2.45, 2.75) is 20.0 Å². The fourth-order valence-electron chi connectivity index (χ4n) is 2.63. The van der Waals surface area contributed by atoms with Crippen LogP contribution in [0.3, 0.4) is 0 Å². The summed E-state index contributed by atoms with van der Waals surface area (Å²) in [6.07, 6.45) is 4.91. The molecule has 0 aliphatic heterocycles. The first-order valence-corrected chi connectivity index (χ1v) is 8.84. The van der Waals surface area contributed by atoms with Crippen molar-refractivity contribution in [1.82, 2.24) is 14.9 Å². The van der Waals surface area contributed by atoms with Gasteiger partial charge in [0.15, 0.2) is 0 Å². The number of amides is 1. The molecule has 0 aliphatic carbocycles. The molecule has 4 nitrogen and oxygen atoms in total. The summed E-state index contributed by atoms with van der Waals surface area (Å²) < 4.78 is 0. The van der Waals surface area contributed by atoms with Gasteiger partial charge >= 0.3 is 0 Å². The van der Waals surface area contributed by atoms with E-state index >= 15 is 0 Å². The maximum Gasteiger partial charge on any atom is 0.256 e. The second-order valence-electron chi connectivity index (χ2n) is 5.95. The van der Waals surface area contributed by atoms with E-state index in [0.29, 0.717) is 18.7 Å². The smallest absolute Gasteiger partial charge is 0.256 e. The molecule has 132 valence electrons. The average Bonchev–Trinajstić information content (AvgIpc) is 2.65. The Hall–Kier alpha value is -2.43. The Morgan fingerprint density at radius 2 is 1.88 bits per heavy atom. The number of nitrogens with zero attached hydrogens (tertiary/aromatic N) is 3. The van der Waals surface area contributed by atoms with Gasteiger partial charge in [0.05, 0.1) is 10.6 Å². The Morgan fingerprint density at radius 1 is 1.08 bits per heavy atom. The maximum atomic E-state index is 13.1. The number of carbonyl (C=O) groups is 1. The molecule has 3 rings (SSSR count). The van der Waals surface area contributed by atoms with Crippen molar-refractivity contribution in [3.8, 4) is 0 Å². The zero-order valence-corrected chi connectivity index (χ0v) is 15.7. The van der Waals surface area contributed by atoms with Crippen LogP contribution in [0.5, 0.6) is 0 Å². The molecule has 2 aromatic heterocycles. The first-order valence-electron chi connectivity index (χ1n) is 8.08. The fraction of sp³-hybridized carbons (Fsp3) is 0.150. The Kier molecular flexibility index (Phi) is 5.86. The lowest BCUT2D eigenvalue weighted by Gasteiger charge is -2.24. The zero-order valence-electron chi connectivity index (χ0n) is 14.2. The minimum absolute atomic E-state index is 0.164. The van der Waals surface area contributed by atoms with Crippen molar-refractivity contribution in [2.75, 3.05) is 0 Å². The number of halogens is 2. The van der Waals surface area contributed by atoms with E-state index < -0.39 is 0 Å². The van der Waals surface area contributed by atoms with Crippen LogP contribution in [0, 0.1) is 6.92 Å². The van der Waals surface area contributed by atoms with Gasteiger partial charge < -0.3 is 4.90 Å². The standard InChI is InChI=1S/C20H17Cl2N3O/c1-14-5-2-3-7-16(14)13-25(12-15-6-4-8-23-10-15)20(26)17-9-18(21)19(22)24-11-17/h2-11H,12-13H2,1H3. The maximum absolute atomic E-state index is 13.1. The number of aromatic nitrogens is 2. The summed E-state index contributed by atoms with van der Waals surface area (Å²) in [5, 5.41) is 0.440. The molecule has 0 spiro atoms. The minimum Gasteiger partial charge on any atom is -0.330 e. The highest BCUT2D eigenvalue weighted by Crippen LogP contribution is 2.22. The minimum atomic E-state index is -0.164. The molecule has 26 heavy (non-hydrogen) atoms. The Labute approximate surface area is 162 Å². The topological polar surface area (TPSA) is 46.1 Å². The van der Waals surface area contributed by atoms with Crippen LogP contribution in [0.4, 0.5) is 0 Å². The Bertz CT molecular complexity index is 916. The van der Waals surface area contributed by atoms with E-state index in [9.17, 15) is 4.79 Å². The molecule has 0 bridgehead atoms. The lowest BCUT2D eigenvalue weighted by molar-refractivity contribution is 0.0729. The van der Waals surface area contributed by atoms with Crippen LogP contribution < -0.4 is 0 Å². The molecule has 2 heterocycles. The highest BCUT2D eigenvalue weighted by atomic mass is 35.5. The van der Waals surface area contributed by atoms with Crippen LogP contribution in [-0.4, -0.2) is 20.8 Å². The number of hydrogen-bond acceptors (Lipinski definition) is 3. The number of aryl methyl sites for hydroxylation is 1. The molecular formula is C20H17Cl2N3O. The third-order valence-electron chi connectivity index (χ3n) is 4.05. The summed E-state index contributed by atoms with van der Waals surface area (Å²) in [6, 6.07) is 13.3. The van der Waals surface area contributed by atoms with Crippen LogP contribution in [0.25, 0.3) is 0 Å². The lowest BCUT2D eigenvalue weighted by Crippen LogP contribution is -2.30. The van der Waals surface area contributed by atoms with Gasteiger partial charge in [-0.2, -0.15) is 0 Å². The van der Waals surface area contributed by atoms with Gasteiger partial charge in [0, 0.05) is 31.7 Å². The van der Waals surface area contributed by atoms with E-state index in [1.165, 1.54) is 6.20 Å². The summed E-state index contributed by atoms with van der Waals surface area (Å²) in [7, 11) is 0. The number of pyridine rings is 2. The normalized spacial score (nSPS) is 10.6. The zero-order chi connectivity index (χ0) is 18.5.